The van der Waals surface area contributed by atoms with Crippen LogP contribution in [0.5, 0.6) is 0 Å². The van der Waals surface area contributed by atoms with Crippen LogP contribution in [0.4, 0.5) is 5.69 Å². The van der Waals surface area contributed by atoms with E-state index in [-0.39, 0.29) is 0 Å². The third kappa shape index (κ3) is 3.42. The van der Waals surface area contributed by atoms with Gasteiger partial charge in [-0.3, -0.25) is 4.21 Å². The maximum Gasteiger partial charge on any atom is 0.241 e. The van der Waals surface area contributed by atoms with E-state index >= 15 is 0 Å². The number of nitrogen functional groups attached to an aromatic ring is 1. The van der Waals surface area contributed by atoms with Crippen molar-refractivity contribution in [2.75, 3.05) is 11.5 Å². The van der Waals surface area contributed by atoms with E-state index in [0.29, 0.717) is 11.4 Å². The lowest BCUT2D eigenvalue weighted by atomic mass is 10.1. The number of H-pyrrole nitrogens is 1. The van der Waals surface area contributed by atoms with Gasteiger partial charge >= 0.3 is 0 Å². The van der Waals surface area contributed by atoms with Crippen LogP contribution in [0.3, 0.4) is 0 Å². The summed E-state index contributed by atoms with van der Waals surface area (Å²) in [6, 6.07) is 2.01. The number of anilines is 1. The summed E-state index contributed by atoms with van der Waals surface area (Å²) in [4.78, 5) is 13.3. The summed E-state index contributed by atoms with van der Waals surface area (Å²) in [5, 5.41) is 3.65. The second kappa shape index (κ2) is 7.49. The molecule has 9 heteroatoms. The molecule has 0 bridgehead atoms. The minimum absolute atomic E-state index is 0.579. The Balaban J connectivity index is 1.94. The Morgan fingerprint density at radius 2 is 2.26 bits per heavy atom. The first-order chi connectivity index (χ1) is 13.1. The van der Waals surface area contributed by atoms with Gasteiger partial charge in [0, 0.05) is 28.3 Å². The Labute approximate surface area is 167 Å². The summed E-state index contributed by atoms with van der Waals surface area (Å²) < 4.78 is 15.4. The Kier molecular flexibility index (Phi) is 5.07. The van der Waals surface area contributed by atoms with E-state index < -0.39 is 10.8 Å². The zero-order valence-electron chi connectivity index (χ0n) is 15.1. The number of imidazole rings is 1. The third-order valence-corrected chi connectivity index (χ3v) is 8.04. The number of rotatable bonds is 6. The number of aryl methyl sites for hydroxylation is 1. The van der Waals surface area contributed by atoms with E-state index in [1.807, 2.05) is 35.6 Å². The van der Waals surface area contributed by atoms with E-state index in [4.69, 9.17) is 10.7 Å². The number of unbranched alkanes of at least 4 members (excludes halogenated alkanes) is 1. The van der Waals surface area contributed by atoms with Gasteiger partial charge in [-0.15, -0.1) is 22.7 Å². The van der Waals surface area contributed by atoms with Crippen molar-refractivity contribution in [3.8, 4) is 22.0 Å². The average molecular weight is 419 g/mol. The number of pyridine rings is 1. The monoisotopic (exact) mass is 418 g/mol. The molecule has 0 fully saturated rings. The highest BCUT2D eigenvalue weighted by atomic mass is 32.2. The van der Waals surface area contributed by atoms with Crippen molar-refractivity contribution in [1.29, 1.82) is 0 Å². The van der Waals surface area contributed by atoms with Crippen LogP contribution in [0, 0.1) is 0 Å². The van der Waals surface area contributed by atoms with Crippen LogP contribution in [0.2, 0.25) is 0 Å². The van der Waals surface area contributed by atoms with Crippen molar-refractivity contribution in [1.82, 2.24) is 15.0 Å². The number of nitrogens with one attached hydrogen (secondary N) is 1. The molecule has 0 aliphatic rings. The lowest BCUT2D eigenvalue weighted by molar-refractivity contribution is -0.669. The highest BCUT2D eigenvalue weighted by Crippen LogP contribution is 2.42. The van der Waals surface area contributed by atoms with Crippen molar-refractivity contribution >= 4 is 49.4 Å². The largest absolute Gasteiger partial charge is 0.396 e. The van der Waals surface area contributed by atoms with Crippen molar-refractivity contribution in [3.63, 3.8) is 0 Å². The predicted octanol–water partition coefficient (Wildman–Crippen LogP) is 3.73. The molecule has 0 radical (unpaired) electrons. The number of thiazole rings is 1. The number of nitrogens with zero attached hydrogens (tertiary/aromatic N) is 3. The van der Waals surface area contributed by atoms with Gasteiger partial charge in [0.2, 0.25) is 6.33 Å². The van der Waals surface area contributed by atoms with Gasteiger partial charge in [0.05, 0.1) is 23.5 Å². The first-order valence-corrected chi connectivity index (χ1v) is 11.6. The van der Waals surface area contributed by atoms with Crippen LogP contribution in [0.25, 0.3) is 32.2 Å². The highest BCUT2D eigenvalue weighted by molar-refractivity contribution is 7.87. The molecule has 0 saturated carbocycles. The number of hydrogen-bond acceptors (Lipinski definition) is 6. The molecular formula is C18H20N5OS3+. The Bertz CT molecular complexity index is 1110. The smallest absolute Gasteiger partial charge is 0.241 e. The summed E-state index contributed by atoms with van der Waals surface area (Å²) in [5.74, 6) is 0.625. The average Bonchev–Trinajstić information content (AvgIpc) is 3.39. The minimum atomic E-state index is -1.11. The van der Waals surface area contributed by atoms with Crippen molar-refractivity contribution in [2.24, 2.45) is 7.05 Å². The standard InChI is InChI=1S/C18H19N5OS3/c1-3-4-7-27(24)18-15(19)14-11(13-9-23(2)10-21-13)8-12(22-17(14)26-18)16-20-5-6-25-16/h5-6,8-10H,3-4,7,19H2,1-2H3/p+1/t27-/m0/s1. The van der Waals surface area contributed by atoms with Gasteiger partial charge < -0.3 is 5.73 Å². The lowest BCUT2D eigenvalue weighted by Gasteiger charge is -2.03. The first-order valence-electron chi connectivity index (χ1n) is 8.63. The molecule has 140 valence electrons. The molecule has 4 aromatic heterocycles. The summed E-state index contributed by atoms with van der Waals surface area (Å²) >= 11 is 2.98. The zero-order valence-corrected chi connectivity index (χ0v) is 17.5. The van der Waals surface area contributed by atoms with Crippen LogP contribution >= 0.6 is 22.7 Å². The van der Waals surface area contributed by atoms with Gasteiger partial charge in [-0.25, -0.2) is 19.5 Å². The van der Waals surface area contributed by atoms with Crippen LogP contribution < -0.4 is 10.3 Å². The summed E-state index contributed by atoms with van der Waals surface area (Å²) in [6.07, 6.45) is 7.58. The molecule has 0 spiro atoms. The van der Waals surface area contributed by atoms with Gasteiger partial charge in [-0.05, 0) is 12.5 Å². The van der Waals surface area contributed by atoms with E-state index in [1.54, 1.807) is 17.5 Å². The number of aromatic amines is 1. The van der Waals surface area contributed by atoms with Crippen molar-refractivity contribution in [3.05, 3.63) is 30.2 Å². The van der Waals surface area contributed by atoms with Gasteiger partial charge in [-0.2, -0.15) is 0 Å². The molecule has 0 aliphatic carbocycles. The number of aromatic nitrogens is 4. The number of nitrogens with two attached hydrogens (primary N) is 1. The van der Waals surface area contributed by atoms with Crippen LogP contribution in [-0.2, 0) is 17.8 Å². The molecule has 1 atom stereocenters. The fourth-order valence-corrected chi connectivity index (χ4v) is 6.30. The molecule has 4 heterocycles. The van der Waals surface area contributed by atoms with Crippen LogP contribution in [-0.4, -0.2) is 24.9 Å². The van der Waals surface area contributed by atoms with E-state index in [0.717, 1.165) is 49.2 Å². The van der Waals surface area contributed by atoms with E-state index in [9.17, 15) is 4.21 Å². The molecule has 0 unspecified atom stereocenters. The molecule has 27 heavy (non-hydrogen) atoms. The van der Waals surface area contributed by atoms with E-state index in [1.165, 1.54) is 11.3 Å². The normalized spacial score (nSPS) is 12.7. The number of thiophene rings is 1. The topological polar surface area (TPSA) is 88.5 Å². The summed E-state index contributed by atoms with van der Waals surface area (Å²) in [5.41, 5.74) is 9.75. The molecule has 0 saturated heterocycles. The molecule has 0 aromatic carbocycles. The lowest BCUT2D eigenvalue weighted by Crippen LogP contribution is -2.22. The van der Waals surface area contributed by atoms with Gasteiger partial charge in [0.15, 0.2) is 5.69 Å². The number of hydrogen-bond donors (Lipinski definition) is 2. The fourth-order valence-electron chi connectivity index (χ4n) is 2.91. The molecule has 0 amide bonds. The second-order valence-electron chi connectivity index (χ2n) is 6.26. The summed E-state index contributed by atoms with van der Waals surface area (Å²) in [6.45, 7) is 2.09. The second-order valence-corrected chi connectivity index (χ2v) is 9.92. The molecule has 6 nitrogen and oxygen atoms in total. The Hall–Kier alpha value is -2.10. The SMILES string of the molecule is CCCC[S@](=O)c1sc2nc(-c3nccs3)cc(-c3c[n+](C)c[nH]3)c2c1N. The molecule has 0 aliphatic heterocycles. The molecule has 3 N–H and O–H groups in total. The summed E-state index contributed by atoms with van der Waals surface area (Å²) in [7, 11) is 0.855. The van der Waals surface area contributed by atoms with Crippen LogP contribution in [0.15, 0.2) is 34.4 Å². The van der Waals surface area contributed by atoms with Crippen molar-refractivity contribution in [2.45, 2.75) is 24.0 Å². The Morgan fingerprint density at radius 1 is 1.41 bits per heavy atom. The quantitative estimate of drug-likeness (QED) is 0.467. The maximum absolute atomic E-state index is 12.8. The van der Waals surface area contributed by atoms with Gasteiger partial charge in [0.1, 0.15) is 25.9 Å². The van der Waals surface area contributed by atoms with Gasteiger partial charge in [-0.1, -0.05) is 13.3 Å². The zero-order chi connectivity index (χ0) is 19.0. The number of fused-ring (bicyclic) bond motifs is 1. The van der Waals surface area contributed by atoms with Crippen molar-refractivity contribution < 1.29 is 8.78 Å². The van der Waals surface area contributed by atoms with Gasteiger partial charge in [0.25, 0.3) is 0 Å². The molecular weight excluding hydrogens is 398 g/mol. The maximum atomic E-state index is 12.8. The minimum Gasteiger partial charge on any atom is -0.396 e. The molecule has 4 rings (SSSR count). The first kappa shape index (κ1) is 18.3. The highest BCUT2D eigenvalue weighted by Gasteiger charge is 2.23. The third-order valence-electron chi connectivity index (χ3n) is 4.25. The predicted molar refractivity (Wildman–Crippen MR) is 112 cm³/mol. The van der Waals surface area contributed by atoms with E-state index in [2.05, 4.69) is 16.9 Å². The fraction of sp³-hybridized carbons (Fsp3) is 0.278. The Morgan fingerprint density at radius 3 is 2.93 bits per heavy atom. The molecule has 4 aromatic rings. The van der Waals surface area contributed by atoms with Crippen LogP contribution in [0.1, 0.15) is 19.8 Å².